The van der Waals surface area contributed by atoms with Gasteiger partial charge in [-0.15, -0.1) is 0 Å². The Morgan fingerprint density at radius 2 is 2.00 bits per heavy atom. The van der Waals surface area contributed by atoms with E-state index >= 15 is 0 Å². The quantitative estimate of drug-likeness (QED) is 0.642. The molecule has 0 atom stereocenters. The number of hydrogen-bond donors (Lipinski definition) is 1. The molecule has 82 valence electrons. The minimum atomic E-state index is -4.31. The van der Waals surface area contributed by atoms with E-state index in [1.807, 2.05) is 0 Å². The molecule has 1 aromatic carbocycles. The topological polar surface area (TPSA) is 29.1 Å². The number of benzene rings is 1. The van der Waals surface area contributed by atoms with E-state index < -0.39 is 5.51 Å². The third-order valence-electron chi connectivity index (χ3n) is 1.57. The molecule has 0 saturated heterocycles. The molecule has 1 rings (SSSR count). The molecular formula is C9H8F3NOS. The van der Waals surface area contributed by atoms with Crippen LogP contribution < -0.4 is 5.32 Å². The van der Waals surface area contributed by atoms with Crippen molar-refractivity contribution in [2.24, 2.45) is 0 Å². The molecule has 1 aromatic rings. The summed E-state index contributed by atoms with van der Waals surface area (Å²) in [6, 6.07) is 6.07. The second kappa shape index (κ2) is 5.06. The zero-order chi connectivity index (χ0) is 11.3. The zero-order valence-corrected chi connectivity index (χ0v) is 8.36. The SMILES string of the molecule is O=CNCc1ccccc1SC(F)(F)F. The molecule has 0 saturated carbocycles. The fraction of sp³-hybridized carbons (Fsp3) is 0.222. The van der Waals surface area contributed by atoms with Crippen LogP contribution in [0.3, 0.4) is 0 Å². The van der Waals surface area contributed by atoms with Gasteiger partial charge in [-0.2, -0.15) is 13.2 Å². The predicted molar refractivity (Wildman–Crippen MR) is 51.3 cm³/mol. The van der Waals surface area contributed by atoms with E-state index in [1.165, 1.54) is 12.1 Å². The van der Waals surface area contributed by atoms with Gasteiger partial charge in [-0.05, 0) is 23.4 Å². The molecule has 0 heterocycles. The van der Waals surface area contributed by atoms with Crippen LogP contribution in [0.5, 0.6) is 0 Å². The summed E-state index contributed by atoms with van der Waals surface area (Å²) >= 11 is -0.178. The Morgan fingerprint density at radius 1 is 1.33 bits per heavy atom. The minimum absolute atomic E-state index is 0.1000. The number of carbonyl (C=O) groups excluding carboxylic acids is 1. The average molecular weight is 235 g/mol. The summed E-state index contributed by atoms with van der Waals surface area (Å²) in [4.78, 5) is 10.1. The van der Waals surface area contributed by atoms with Crippen molar-refractivity contribution in [1.29, 1.82) is 0 Å². The summed E-state index contributed by atoms with van der Waals surface area (Å²) < 4.78 is 36.3. The predicted octanol–water partition coefficient (Wildman–Crippen LogP) is 2.54. The Morgan fingerprint density at radius 3 is 2.60 bits per heavy atom. The van der Waals surface area contributed by atoms with Gasteiger partial charge in [-0.3, -0.25) is 4.79 Å². The highest BCUT2D eigenvalue weighted by atomic mass is 32.2. The highest BCUT2D eigenvalue weighted by Gasteiger charge is 2.30. The van der Waals surface area contributed by atoms with Gasteiger partial charge in [0.1, 0.15) is 0 Å². The maximum absolute atomic E-state index is 12.1. The first kappa shape index (κ1) is 11.9. The number of rotatable bonds is 4. The molecule has 0 fully saturated rings. The molecule has 0 bridgehead atoms. The van der Waals surface area contributed by atoms with Crippen LogP contribution >= 0.6 is 11.8 Å². The van der Waals surface area contributed by atoms with Gasteiger partial charge in [0.05, 0.1) is 0 Å². The molecule has 0 aromatic heterocycles. The van der Waals surface area contributed by atoms with Gasteiger partial charge in [0.15, 0.2) is 0 Å². The highest BCUT2D eigenvalue weighted by Crippen LogP contribution is 2.38. The number of hydrogen-bond acceptors (Lipinski definition) is 2. The van der Waals surface area contributed by atoms with E-state index in [1.54, 1.807) is 12.1 Å². The second-order valence-electron chi connectivity index (χ2n) is 2.65. The van der Waals surface area contributed by atoms with E-state index in [-0.39, 0.29) is 23.2 Å². The second-order valence-corrected chi connectivity index (χ2v) is 3.76. The highest BCUT2D eigenvalue weighted by molar-refractivity contribution is 8.00. The lowest BCUT2D eigenvalue weighted by Crippen LogP contribution is -2.11. The van der Waals surface area contributed by atoms with Crippen molar-refractivity contribution in [3.8, 4) is 0 Å². The van der Waals surface area contributed by atoms with Gasteiger partial charge in [0, 0.05) is 11.4 Å². The van der Waals surface area contributed by atoms with E-state index in [2.05, 4.69) is 5.32 Å². The molecule has 0 unspecified atom stereocenters. The molecule has 0 aliphatic heterocycles. The summed E-state index contributed by atoms with van der Waals surface area (Å²) in [7, 11) is 0. The number of carbonyl (C=O) groups is 1. The van der Waals surface area contributed by atoms with E-state index in [9.17, 15) is 18.0 Å². The average Bonchev–Trinajstić information content (AvgIpc) is 2.14. The maximum Gasteiger partial charge on any atom is 0.446 e. The molecular weight excluding hydrogens is 227 g/mol. The summed E-state index contributed by atoms with van der Waals surface area (Å²) in [5, 5.41) is 2.33. The molecule has 15 heavy (non-hydrogen) atoms. The smallest absolute Gasteiger partial charge is 0.355 e. The van der Waals surface area contributed by atoms with Crippen LogP contribution in [0.15, 0.2) is 29.2 Å². The third kappa shape index (κ3) is 4.24. The van der Waals surface area contributed by atoms with Gasteiger partial charge < -0.3 is 5.32 Å². The molecule has 1 N–H and O–H groups in total. The minimum Gasteiger partial charge on any atom is -0.355 e. The van der Waals surface area contributed by atoms with Gasteiger partial charge in [0.2, 0.25) is 6.41 Å². The zero-order valence-electron chi connectivity index (χ0n) is 7.54. The van der Waals surface area contributed by atoms with Gasteiger partial charge in [-0.25, -0.2) is 0 Å². The Bertz CT molecular complexity index is 340. The van der Waals surface area contributed by atoms with E-state index in [0.29, 0.717) is 12.0 Å². The monoisotopic (exact) mass is 235 g/mol. The lowest BCUT2D eigenvalue weighted by molar-refractivity contribution is -0.109. The molecule has 0 aliphatic rings. The van der Waals surface area contributed by atoms with Crippen LogP contribution in [0.4, 0.5) is 13.2 Å². The van der Waals surface area contributed by atoms with Crippen molar-refractivity contribution in [1.82, 2.24) is 5.32 Å². The summed E-state index contributed by atoms with van der Waals surface area (Å²) in [5.74, 6) is 0. The lowest BCUT2D eigenvalue weighted by atomic mass is 10.2. The van der Waals surface area contributed by atoms with Crippen molar-refractivity contribution in [2.45, 2.75) is 16.9 Å². The number of alkyl halides is 3. The van der Waals surface area contributed by atoms with Crippen molar-refractivity contribution in [3.05, 3.63) is 29.8 Å². The largest absolute Gasteiger partial charge is 0.446 e. The molecule has 0 spiro atoms. The first-order chi connectivity index (χ1) is 7.03. The van der Waals surface area contributed by atoms with Crippen LogP contribution in [-0.4, -0.2) is 11.9 Å². The summed E-state index contributed by atoms with van der Waals surface area (Å²) in [5.41, 5.74) is -3.86. The molecule has 1 amide bonds. The first-order valence-corrected chi connectivity index (χ1v) is 4.85. The normalized spacial score (nSPS) is 11.1. The first-order valence-electron chi connectivity index (χ1n) is 4.03. The molecule has 6 heteroatoms. The fourth-order valence-corrected chi connectivity index (χ4v) is 1.69. The van der Waals surface area contributed by atoms with E-state index in [4.69, 9.17) is 0 Å². The van der Waals surface area contributed by atoms with Crippen molar-refractivity contribution in [3.63, 3.8) is 0 Å². The number of amides is 1. The Hall–Kier alpha value is -1.17. The van der Waals surface area contributed by atoms with Crippen LogP contribution in [0.2, 0.25) is 0 Å². The summed E-state index contributed by atoms with van der Waals surface area (Å²) in [6.07, 6.45) is 0.453. The van der Waals surface area contributed by atoms with Crippen LogP contribution in [0, 0.1) is 0 Å². The van der Waals surface area contributed by atoms with E-state index in [0.717, 1.165) is 0 Å². The Labute approximate surface area is 88.9 Å². The van der Waals surface area contributed by atoms with Crippen LogP contribution in [0.1, 0.15) is 5.56 Å². The Kier molecular flexibility index (Phi) is 4.02. The van der Waals surface area contributed by atoms with Crippen molar-refractivity contribution in [2.75, 3.05) is 0 Å². The van der Waals surface area contributed by atoms with Crippen LogP contribution in [0.25, 0.3) is 0 Å². The van der Waals surface area contributed by atoms with Crippen molar-refractivity contribution >= 4 is 18.2 Å². The fourth-order valence-electron chi connectivity index (χ4n) is 1.03. The van der Waals surface area contributed by atoms with Gasteiger partial charge in [-0.1, -0.05) is 18.2 Å². The Balaban J connectivity index is 2.81. The lowest BCUT2D eigenvalue weighted by Gasteiger charge is -2.10. The summed E-state index contributed by atoms with van der Waals surface area (Å²) in [6.45, 7) is 0.1000. The standard InChI is InChI=1S/C9H8F3NOS/c10-9(11,12)15-8-4-2-1-3-7(8)5-13-6-14/h1-4,6H,5H2,(H,13,14). The number of halogens is 3. The van der Waals surface area contributed by atoms with Crippen LogP contribution in [-0.2, 0) is 11.3 Å². The molecule has 0 aliphatic carbocycles. The number of thioether (sulfide) groups is 1. The van der Waals surface area contributed by atoms with Gasteiger partial charge in [0.25, 0.3) is 0 Å². The number of nitrogens with one attached hydrogen (secondary N) is 1. The molecule has 0 radical (unpaired) electrons. The molecule has 2 nitrogen and oxygen atoms in total. The van der Waals surface area contributed by atoms with Gasteiger partial charge >= 0.3 is 5.51 Å². The maximum atomic E-state index is 12.1. The van der Waals surface area contributed by atoms with Crippen molar-refractivity contribution < 1.29 is 18.0 Å². The third-order valence-corrected chi connectivity index (χ3v) is 2.42.